The van der Waals surface area contributed by atoms with Crippen LogP contribution in [-0.4, -0.2) is 7.85 Å². The van der Waals surface area contributed by atoms with Crippen LogP contribution in [0.2, 0.25) is 0 Å². The van der Waals surface area contributed by atoms with E-state index in [1.807, 2.05) is 37.3 Å². The van der Waals surface area contributed by atoms with E-state index in [0.29, 0.717) is 0 Å². The first-order valence-electron chi connectivity index (χ1n) is 3.89. The van der Waals surface area contributed by atoms with Crippen LogP contribution >= 0.6 is 0 Å². The lowest BCUT2D eigenvalue weighted by molar-refractivity contribution is 1.59. The molecule has 1 aromatic rings. The highest BCUT2D eigenvalue weighted by atomic mass is 14.0. The third-order valence-corrected chi connectivity index (χ3v) is 1.71. The molecule has 0 aliphatic heterocycles. The monoisotopic (exact) mass is 154 g/mol. The molecule has 0 bridgehead atoms. The maximum Gasteiger partial charge on any atom is 0.113 e. The van der Waals surface area contributed by atoms with Gasteiger partial charge >= 0.3 is 0 Å². The van der Waals surface area contributed by atoms with Gasteiger partial charge in [0.15, 0.2) is 0 Å². The van der Waals surface area contributed by atoms with Gasteiger partial charge in [-0.25, -0.2) is 0 Å². The van der Waals surface area contributed by atoms with Crippen LogP contribution < -0.4 is 5.46 Å². The van der Waals surface area contributed by atoms with Gasteiger partial charge in [0.05, 0.1) is 0 Å². The average Bonchev–Trinajstić information content (AvgIpc) is 2.05. The molecular formula is C11H11B. The van der Waals surface area contributed by atoms with Crippen LogP contribution in [0.5, 0.6) is 0 Å². The summed E-state index contributed by atoms with van der Waals surface area (Å²) in [6, 6.07) is 7.82. The Kier molecular flexibility index (Phi) is 2.92. The van der Waals surface area contributed by atoms with Gasteiger partial charge in [0.25, 0.3) is 0 Å². The standard InChI is InChI=1S/C11H11B/c1-3-5-9(2)10-6-4-7-11(12)8-10/h3-8H,1H2,2H3/b9-5+. The molecule has 0 aliphatic rings. The Morgan fingerprint density at radius 3 is 2.83 bits per heavy atom. The van der Waals surface area contributed by atoms with Crippen LogP contribution in [0.25, 0.3) is 5.57 Å². The maximum atomic E-state index is 5.64. The topological polar surface area (TPSA) is 0 Å². The summed E-state index contributed by atoms with van der Waals surface area (Å²) >= 11 is 0. The normalized spacial score (nSPS) is 11.2. The minimum Gasteiger partial charge on any atom is -0.0991 e. The van der Waals surface area contributed by atoms with E-state index in [1.165, 1.54) is 5.57 Å². The van der Waals surface area contributed by atoms with Gasteiger partial charge in [-0.15, -0.1) is 0 Å². The summed E-state index contributed by atoms with van der Waals surface area (Å²) in [7, 11) is 5.64. The minimum absolute atomic E-state index is 0.796. The van der Waals surface area contributed by atoms with Crippen LogP contribution in [0.4, 0.5) is 0 Å². The van der Waals surface area contributed by atoms with Gasteiger partial charge in [0.2, 0.25) is 0 Å². The molecular weight excluding hydrogens is 143 g/mol. The Labute approximate surface area is 75.0 Å². The van der Waals surface area contributed by atoms with Crippen molar-refractivity contribution in [2.45, 2.75) is 6.92 Å². The highest BCUT2D eigenvalue weighted by Crippen LogP contribution is 2.10. The van der Waals surface area contributed by atoms with E-state index in [0.717, 1.165) is 11.0 Å². The molecule has 12 heavy (non-hydrogen) atoms. The number of allylic oxidation sites excluding steroid dienone is 3. The van der Waals surface area contributed by atoms with Gasteiger partial charge in [0.1, 0.15) is 7.85 Å². The average molecular weight is 154 g/mol. The summed E-state index contributed by atoms with van der Waals surface area (Å²) in [5.74, 6) is 0. The van der Waals surface area contributed by atoms with Crippen LogP contribution in [0.3, 0.4) is 0 Å². The molecule has 0 fully saturated rings. The summed E-state index contributed by atoms with van der Waals surface area (Å²) in [5.41, 5.74) is 3.12. The third kappa shape index (κ3) is 2.13. The van der Waals surface area contributed by atoms with Crippen LogP contribution in [0.1, 0.15) is 12.5 Å². The zero-order valence-corrected chi connectivity index (χ0v) is 7.25. The second-order valence-electron chi connectivity index (χ2n) is 2.71. The van der Waals surface area contributed by atoms with Gasteiger partial charge in [-0.2, -0.15) is 0 Å². The molecule has 0 nitrogen and oxygen atoms in total. The molecule has 0 aliphatic carbocycles. The van der Waals surface area contributed by atoms with Crippen molar-refractivity contribution < 1.29 is 0 Å². The molecule has 58 valence electrons. The first kappa shape index (κ1) is 8.86. The fourth-order valence-corrected chi connectivity index (χ4v) is 1.06. The summed E-state index contributed by atoms with van der Waals surface area (Å²) in [6.45, 7) is 5.68. The fourth-order valence-electron chi connectivity index (χ4n) is 1.06. The molecule has 1 aromatic carbocycles. The van der Waals surface area contributed by atoms with Gasteiger partial charge < -0.3 is 0 Å². The highest BCUT2D eigenvalue weighted by Gasteiger charge is 1.92. The van der Waals surface area contributed by atoms with Gasteiger partial charge in [0, 0.05) is 0 Å². The molecule has 0 aromatic heterocycles. The smallest absolute Gasteiger partial charge is 0.0991 e. The van der Waals surface area contributed by atoms with Crippen molar-refractivity contribution in [2.75, 3.05) is 0 Å². The lowest BCUT2D eigenvalue weighted by atomic mass is 9.92. The van der Waals surface area contributed by atoms with Crippen molar-refractivity contribution in [1.29, 1.82) is 0 Å². The summed E-state index contributed by atoms with van der Waals surface area (Å²) < 4.78 is 0. The molecule has 0 unspecified atom stereocenters. The van der Waals surface area contributed by atoms with Crippen molar-refractivity contribution >= 4 is 18.9 Å². The van der Waals surface area contributed by atoms with Crippen LogP contribution in [0, 0.1) is 0 Å². The second-order valence-corrected chi connectivity index (χ2v) is 2.71. The van der Waals surface area contributed by atoms with Crippen molar-refractivity contribution in [3.8, 4) is 0 Å². The number of benzene rings is 1. The van der Waals surface area contributed by atoms with Gasteiger partial charge in [-0.3, -0.25) is 0 Å². The Hall–Kier alpha value is -1.24. The first-order chi connectivity index (χ1) is 5.74. The quantitative estimate of drug-likeness (QED) is 0.451. The van der Waals surface area contributed by atoms with Gasteiger partial charge in [-0.05, 0) is 18.1 Å². The van der Waals surface area contributed by atoms with E-state index >= 15 is 0 Å². The maximum absolute atomic E-state index is 5.64. The molecule has 0 N–H and O–H groups in total. The second kappa shape index (κ2) is 3.96. The summed E-state index contributed by atoms with van der Waals surface area (Å²) in [4.78, 5) is 0. The molecule has 2 radical (unpaired) electrons. The molecule has 0 amide bonds. The Morgan fingerprint density at radius 1 is 1.50 bits per heavy atom. The fraction of sp³-hybridized carbons (Fsp3) is 0.0909. The first-order valence-corrected chi connectivity index (χ1v) is 3.89. The van der Waals surface area contributed by atoms with E-state index < -0.39 is 0 Å². The van der Waals surface area contributed by atoms with E-state index in [1.54, 1.807) is 6.08 Å². The highest BCUT2D eigenvalue weighted by molar-refractivity contribution is 6.32. The molecule has 0 saturated heterocycles. The van der Waals surface area contributed by atoms with Crippen LogP contribution in [0.15, 0.2) is 43.0 Å². The largest absolute Gasteiger partial charge is 0.113 e. The molecule has 0 spiro atoms. The Morgan fingerprint density at radius 2 is 2.25 bits per heavy atom. The zero-order chi connectivity index (χ0) is 8.97. The van der Waals surface area contributed by atoms with Gasteiger partial charge in [-0.1, -0.05) is 48.5 Å². The van der Waals surface area contributed by atoms with E-state index in [-0.39, 0.29) is 0 Å². The van der Waals surface area contributed by atoms with Crippen molar-refractivity contribution in [3.63, 3.8) is 0 Å². The Balaban J connectivity index is 3.03. The zero-order valence-electron chi connectivity index (χ0n) is 7.25. The SMILES string of the molecule is [B]c1cccc(/C(C)=C/C=C)c1. The minimum atomic E-state index is 0.796. The number of rotatable bonds is 2. The van der Waals surface area contributed by atoms with Crippen LogP contribution in [-0.2, 0) is 0 Å². The van der Waals surface area contributed by atoms with Crippen molar-refractivity contribution in [3.05, 3.63) is 48.6 Å². The molecule has 0 heterocycles. The molecule has 0 saturated carbocycles. The lowest BCUT2D eigenvalue weighted by Gasteiger charge is -2.01. The number of hydrogen-bond acceptors (Lipinski definition) is 0. The molecule has 0 atom stereocenters. The predicted octanol–water partition coefficient (Wildman–Crippen LogP) is 2.07. The molecule has 1 rings (SSSR count). The van der Waals surface area contributed by atoms with E-state index in [9.17, 15) is 0 Å². The summed E-state index contributed by atoms with van der Waals surface area (Å²) in [6.07, 6.45) is 3.74. The third-order valence-electron chi connectivity index (χ3n) is 1.71. The number of hydrogen-bond donors (Lipinski definition) is 0. The molecule has 1 heteroatoms. The van der Waals surface area contributed by atoms with E-state index in [2.05, 4.69) is 6.58 Å². The predicted molar refractivity (Wildman–Crippen MR) is 55.7 cm³/mol. The van der Waals surface area contributed by atoms with E-state index in [4.69, 9.17) is 7.85 Å². The van der Waals surface area contributed by atoms with Crippen molar-refractivity contribution in [2.24, 2.45) is 0 Å². The van der Waals surface area contributed by atoms with Crippen molar-refractivity contribution in [1.82, 2.24) is 0 Å². The summed E-state index contributed by atoms with van der Waals surface area (Å²) in [5, 5.41) is 0. The lowest BCUT2D eigenvalue weighted by Crippen LogP contribution is -2.01. The Bertz CT molecular complexity index is 311.